The van der Waals surface area contributed by atoms with Gasteiger partial charge in [-0.15, -0.1) is 11.3 Å². The molecule has 0 radical (unpaired) electrons. The second kappa shape index (κ2) is 3.59. The summed E-state index contributed by atoms with van der Waals surface area (Å²) in [5, 5.41) is 0. The molecule has 0 fully saturated rings. The second-order valence-corrected chi connectivity index (χ2v) is 4.71. The number of halogens is 4. The van der Waals surface area contributed by atoms with Crippen LogP contribution in [0.2, 0.25) is 0 Å². The first-order valence-electron chi connectivity index (χ1n) is 3.40. The maximum atomic E-state index is 12.1. The molecule has 2 N–H and O–H groups in total. The van der Waals surface area contributed by atoms with Crippen molar-refractivity contribution < 1.29 is 13.2 Å². The molecule has 1 rings (SSSR count). The van der Waals surface area contributed by atoms with Crippen molar-refractivity contribution in [2.75, 3.05) is 0 Å². The van der Waals surface area contributed by atoms with E-state index in [1.54, 1.807) is 6.92 Å². The third-order valence-corrected chi connectivity index (χ3v) is 3.76. The largest absolute Gasteiger partial charge is 0.408 e. The van der Waals surface area contributed by atoms with Crippen LogP contribution in [0.25, 0.3) is 0 Å². The van der Waals surface area contributed by atoms with E-state index in [0.717, 1.165) is 16.2 Å². The SMILES string of the molecule is Cc1sc(C(N)C(F)(F)F)cc1Br. The lowest BCUT2D eigenvalue weighted by Gasteiger charge is -2.12. The molecule has 0 aliphatic rings. The highest BCUT2D eigenvalue weighted by Crippen LogP contribution is 2.37. The topological polar surface area (TPSA) is 26.0 Å². The van der Waals surface area contributed by atoms with Gasteiger partial charge in [0.15, 0.2) is 0 Å². The predicted octanol–water partition coefficient (Wildman–Crippen LogP) is 3.38. The highest BCUT2D eigenvalue weighted by atomic mass is 79.9. The summed E-state index contributed by atoms with van der Waals surface area (Å²) in [4.78, 5) is 0.937. The highest BCUT2D eigenvalue weighted by Gasteiger charge is 2.38. The van der Waals surface area contributed by atoms with E-state index >= 15 is 0 Å². The zero-order valence-corrected chi connectivity index (χ0v) is 9.05. The van der Waals surface area contributed by atoms with Gasteiger partial charge in [-0.2, -0.15) is 13.2 Å². The van der Waals surface area contributed by atoms with Crippen molar-refractivity contribution in [1.29, 1.82) is 0 Å². The van der Waals surface area contributed by atoms with Crippen molar-refractivity contribution in [3.63, 3.8) is 0 Å². The molecule has 6 heteroatoms. The molecule has 1 nitrogen and oxygen atoms in total. The fraction of sp³-hybridized carbons (Fsp3) is 0.429. The van der Waals surface area contributed by atoms with Crippen LogP contribution in [-0.2, 0) is 0 Å². The van der Waals surface area contributed by atoms with Crippen molar-refractivity contribution in [2.24, 2.45) is 5.73 Å². The lowest BCUT2D eigenvalue weighted by Crippen LogP contribution is -2.27. The van der Waals surface area contributed by atoms with E-state index in [1.165, 1.54) is 6.07 Å². The smallest absolute Gasteiger partial charge is 0.316 e. The Hall–Kier alpha value is -0.0700. The van der Waals surface area contributed by atoms with E-state index in [9.17, 15) is 13.2 Å². The summed E-state index contributed by atoms with van der Waals surface area (Å²) in [6.07, 6.45) is -4.36. The molecule has 0 spiro atoms. The normalized spacial score (nSPS) is 14.6. The highest BCUT2D eigenvalue weighted by molar-refractivity contribution is 9.10. The Morgan fingerprint density at radius 3 is 2.38 bits per heavy atom. The Morgan fingerprint density at radius 2 is 2.08 bits per heavy atom. The lowest BCUT2D eigenvalue weighted by atomic mass is 10.2. The third kappa shape index (κ3) is 2.45. The molecule has 0 bridgehead atoms. The molecule has 1 atom stereocenters. The molecule has 0 aromatic carbocycles. The standard InChI is InChI=1S/C7H7BrF3NS/c1-3-4(8)2-5(13-3)6(12)7(9,10)11/h2,6H,12H2,1H3. The van der Waals surface area contributed by atoms with Crippen LogP contribution in [0.1, 0.15) is 15.8 Å². The van der Waals surface area contributed by atoms with E-state index in [-0.39, 0.29) is 4.88 Å². The third-order valence-electron chi connectivity index (χ3n) is 1.54. The summed E-state index contributed by atoms with van der Waals surface area (Å²) < 4.78 is 37.1. The number of nitrogens with two attached hydrogens (primary N) is 1. The fourth-order valence-electron chi connectivity index (χ4n) is 0.796. The van der Waals surface area contributed by atoms with E-state index in [0.29, 0.717) is 4.47 Å². The van der Waals surface area contributed by atoms with Crippen LogP contribution in [0.15, 0.2) is 10.5 Å². The maximum Gasteiger partial charge on any atom is 0.408 e. The molecule has 0 saturated heterocycles. The monoisotopic (exact) mass is 273 g/mol. The number of hydrogen-bond donors (Lipinski definition) is 1. The number of rotatable bonds is 1. The lowest BCUT2D eigenvalue weighted by molar-refractivity contribution is -0.148. The van der Waals surface area contributed by atoms with Gasteiger partial charge >= 0.3 is 6.18 Å². The number of hydrogen-bond acceptors (Lipinski definition) is 2. The van der Waals surface area contributed by atoms with Gasteiger partial charge in [-0.25, -0.2) is 0 Å². The Morgan fingerprint density at radius 1 is 1.54 bits per heavy atom. The first kappa shape index (κ1) is 11.0. The molecule has 74 valence electrons. The van der Waals surface area contributed by atoms with E-state index in [4.69, 9.17) is 5.73 Å². The van der Waals surface area contributed by atoms with Gasteiger partial charge in [-0.1, -0.05) is 0 Å². The van der Waals surface area contributed by atoms with Crippen molar-refractivity contribution in [1.82, 2.24) is 0 Å². The van der Waals surface area contributed by atoms with E-state index < -0.39 is 12.2 Å². The van der Waals surface area contributed by atoms with Crippen LogP contribution >= 0.6 is 27.3 Å². The van der Waals surface area contributed by atoms with Crippen LogP contribution in [0.3, 0.4) is 0 Å². The van der Waals surface area contributed by atoms with Crippen LogP contribution < -0.4 is 5.73 Å². The molecule has 0 aliphatic carbocycles. The average Bonchev–Trinajstić information content (AvgIpc) is 2.29. The minimum atomic E-state index is -4.36. The predicted molar refractivity (Wildman–Crippen MR) is 49.7 cm³/mol. The van der Waals surface area contributed by atoms with Gasteiger partial charge in [-0.05, 0) is 28.9 Å². The summed E-state index contributed by atoms with van der Waals surface area (Å²) in [5.74, 6) is 0. The quantitative estimate of drug-likeness (QED) is 0.834. The number of thiophene rings is 1. The summed E-state index contributed by atoms with van der Waals surface area (Å²) in [7, 11) is 0. The molecular formula is C7H7BrF3NS. The molecule has 1 heterocycles. The zero-order valence-electron chi connectivity index (χ0n) is 6.65. The molecule has 1 aromatic heterocycles. The summed E-state index contributed by atoms with van der Waals surface area (Å²) in [6.45, 7) is 1.74. The summed E-state index contributed by atoms with van der Waals surface area (Å²) in [5.41, 5.74) is 5.02. The molecule has 1 aromatic rings. The molecule has 0 saturated carbocycles. The van der Waals surface area contributed by atoms with E-state index in [2.05, 4.69) is 15.9 Å². The molecule has 0 aliphatic heterocycles. The minimum Gasteiger partial charge on any atom is -0.316 e. The zero-order chi connectivity index (χ0) is 10.2. The van der Waals surface area contributed by atoms with Gasteiger partial charge in [0, 0.05) is 14.2 Å². The van der Waals surface area contributed by atoms with Crippen molar-refractivity contribution >= 4 is 27.3 Å². The van der Waals surface area contributed by atoms with Gasteiger partial charge in [0.05, 0.1) is 0 Å². The number of alkyl halides is 3. The molecule has 1 unspecified atom stereocenters. The van der Waals surface area contributed by atoms with Gasteiger partial charge < -0.3 is 5.73 Å². The van der Waals surface area contributed by atoms with E-state index in [1.807, 2.05) is 0 Å². The second-order valence-electron chi connectivity index (χ2n) is 2.57. The van der Waals surface area contributed by atoms with Crippen molar-refractivity contribution in [3.8, 4) is 0 Å². The van der Waals surface area contributed by atoms with Gasteiger partial charge in [-0.3, -0.25) is 0 Å². The first-order valence-corrected chi connectivity index (χ1v) is 5.01. The maximum absolute atomic E-state index is 12.1. The fourth-order valence-corrected chi connectivity index (χ4v) is 2.38. The molecule has 0 amide bonds. The van der Waals surface area contributed by atoms with Crippen LogP contribution in [-0.4, -0.2) is 6.18 Å². The molecular weight excluding hydrogens is 267 g/mol. The summed E-state index contributed by atoms with van der Waals surface area (Å²) in [6, 6.07) is -0.458. The van der Waals surface area contributed by atoms with Crippen LogP contribution in [0.4, 0.5) is 13.2 Å². The molecule has 13 heavy (non-hydrogen) atoms. The average molecular weight is 274 g/mol. The van der Waals surface area contributed by atoms with Gasteiger partial charge in [0.1, 0.15) is 6.04 Å². The minimum absolute atomic E-state index is 0.136. The van der Waals surface area contributed by atoms with Gasteiger partial charge in [0.2, 0.25) is 0 Å². The Balaban J connectivity index is 2.96. The first-order chi connectivity index (χ1) is 5.82. The van der Waals surface area contributed by atoms with Crippen molar-refractivity contribution in [3.05, 3.63) is 20.3 Å². The van der Waals surface area contributed by atoms with Crippen LogP contribution in [0.5, 0.6) is 0 Å². The van der Waals surface area contributed by atoms with Gasteiger partial charge in [0.25, 0.3) is 0 Å². The Labute approximate surface area is 85.9 Å². The number of aryl methyl sites for hydroxylation is 1. The Bertz CT molecular complexity index is 288. The van der Waals surface area contributed by atoms with Crippen molar-refractivity contribution in [2.45, 2.75) is 19.1 Å². The summed E-state index contributed by atoms with van der Waals surface area (Å²) >= 11 is 4.20. The Kier molecular flexibility index (Phi) is 3.04. The van der Waals surface area contributed by atoms with Crippen LogP contribution in [0, 0.1) is 6.92 Å².